The predicted octanol–water partition coefficient (Wildman–Crippen LogP) is 4.00. The quantitative estimate of drug-likeness (QED) is 0.344. The van der Waals surface area contributed by atoms with E-state index in [1.165, 1.54) is 17.9 Å². The Bertz CT molecular complexity index is 1450. The summed E-state index contributed by atoms with van der Waals surface area (Å²) in [4.78, 5) is 28.9. The highest BCUT2D eigenvalue weighted by Gasteiger charge is 2.34. The van der Waals surface area contributed by atoms with E-state index >= 15 is 0 Å². The fourth-order valence-corrected chi connectivity index (χ4v) is 5.70. The number of amides is 2. The van der Waals surface area contributed by atoms with E-state index in [0.717, 1.165) is 9.87 Å². The minimum atomic E-state index is -3.89. The highest BCUT2D eigenvalue weighted by Crippen LogP contribution is 2.36. The molecule has 2 amide bonds. The summed E-state index contributed by atoms with van der Waals surface area (Å²) in [6.07, 6.45) is 0.240. The van der Waals surface area contributed by atoms with Gasteiger partial charge >= 0.3 is 0 Å². The van der Waals surface area contributed by atoms with Crippen molar-refractivity contribution >= 4 is 39.1 Å². The molecule has 0 aromatic heterocycles. The molecule has 1 aliphatic rings. The molecule has 0 fully saturated rings. The van der Waals surface area contributed by atoms with Crippen molar-refractivity contribution in [3.63, 3.8) is 0 Å². The zero-order chi connectivity index (χ0) is 28.7. The summed E-state index contributed by atoms with van der Waals surface area (Å²) in [6.45, 7) is 3.25. The first-order chi connectivity index (χ1) is 19.2. The summed E-state index contributed by atoms with van der Waals surface area (Å²) in [5.74, 6) is -0.226. The fourth-order valence-electron chi connectivity index (χ4n) is 4.44. The second-order valence-electron chi connectivity index (χ2n) is 9.20. The second kappa shape index (κ2) is 13.1. The Morgan fingerprint density at radius 3 is 2.38 bits per heavy atom. The van der Waals surface area contributed by atoms with Crippen molar-refractivity contribution in [1.82, 2.24) is 10.2 Å². The lowest BCUT2D eigenvalue weighted by Crippen LogP contribution is -2.53. The number of hydrogen-bond acceptors (Lipinski definition) is 6. The smallest absolute Gasteiger partial charge is 0.244 e. The number of nitrogens with one attached hydrogen (secondary N) is 1. The molecule has 1 aliphatic heterocycles. The molecule has 40 heavy (non-hydrogen) atoms. The van der Waals surface area contributed by atoms with Gasteiger partial charge in [-0.25, -0.2) is 8.42 Å². The van der Waals surface area contributed by atoms with E-state index in [1.807, 2.05) is 36.4 Å². The molecular formula is C29H32ClN3O6S. The van der Waals surface area contributed by atoms with Crippen molar-refractivity contribution in [2.45, 2.75) is 32.9 Å². The standard InChI is InChI=1S/C29H32ClN3O6S/c1-3-31-29(35)25(16-21-9-6-5-7-10-21)32(18-22-11-8-12-23(30)15-22)28(34)19-33(40(36,37)4-2)24-13-14-26-27(17-24)39-20-38-26/h5-15,17,25H,3-4,16,18-20H2,1-2H3,(H,31,35). The van der Waals surface area contributed by atoms with Crippen LogP contribution in [0.25, 0.3) is 0 Å². The first-order valence-electron chi connectivity index (χ1n) is 13.0. The molecule has 4 rings (SSSR count). The third-order valence-electron chi connectivity index (χ3n) is 6.49. The van der Waals surface area contributed by atoms with Crippen LogP contribution in [0.4, 0.5) is 5.69 Å². The zero-order valence-corrected chi connectivity index (χ0v) is 24.0. The van der Waals surface area contributed by atoms with Gasteiger partial charge in [-0.2, -0.15) is 0 Å². The lowest BCUT2D eigenvalue weighted by atomic mass is 10.0. The van der Waals surface area contributed by atoms with Gasteiger partial charge in [-0.15, -0.1) is 0 Å². The Kier molecular flexibility index (Phi) is 9.54. The van der Waals surface area contributed by atoms with Crippen LogP contribution in [-0.4, -0.2) is 56.8 Å². The van der Waals surface area contributed by atoms with Crippen LogP contribution in [0, 0.1) is 0 Å². The number of fused-ring (bicyclic) bond motifs is 1. The average molecular weight is 586 g/mol. The molecule has 1 heterocycles. The molecule has 1 N–H and O–H groups in total. The van der Waals surface area contributed by atoms with Crippen molar-refractivity contribution in [1.29, 1.82) is 0 Å². The number of nitrogens with zero attached hydrogens (tertiary/aromatic N) is 2. The van der Waals surface area contributed by atoms with Crippen molar-refractivity contribution in [3.05, 3.63) is 88.9 Å². The Balaban J connectivity index is 1.73. The van der Waals surface area contributed by atoms with Gasteiger partial charge in [0.2, 0.25) is 28.6 Å². The number of carbonyl (C=O) groups is 2. The Hall–Kier alpha value is -3.76. The number of anilines is 1. The van der Waals surface area contributed by atoms with Gasteiger partial charge < -0.3 is 19.7 Å². The molecule has 1 unspecified atom stereocenters. The van der Waals surface area contributed by atoms with E-state index in [9.17, 15) is 18.0 Å². The maximum atomic E-state index is 14.1. The Labute approximate surface area is 239 Å². The second-order valence-corrected chi connectivity index (χ2v) is 11.8. The topological polar surface area (TPSA) is 105 Å². The number of hydrogen-bond donors (Lipinski definition) is 1. The number of likely N-dealkylation sites (N-methyl/N-ethyl adjacent to an activating group) is 1. The third-order valence-corrected chi connectivity index (χ3v) is 8.46. The molecule has 0 aliphatic carbocycles. The molecule has 0 radical (unpaired) electrons. The lowest BCUT2D eigenvalue weighted by molar-refractivity contribution is -0.140. The minimum absolute atomic E-state index is 0.0271. The summed E-state index contributed by atoms with van der Waals surface area (Å²) in [5.41, 5.74) is 1.83. The third kappa shape index (κ3) is 7.05. The monoisotopic (exact) mass is 585 g/mol. The largest absolute Gasteiger partial charge is 0.454 e. The van der Waals surface area contributed by atoms with Crippen LogP contribution in [0.2, 0.25) is 5.02 Å². The minimum Gasteiger partial charge on any atom is -0.454 e. The molecule has 1 atom stereocenters. The summed E-state index contributed by atoms with van der Waals surface area (Å²) in [6, 6.07) is 20.2. The van der Waals surface area contributed by atoms with E-state index in [-0.39, 0.29) is 37.1 Å². The molecule has 212 valence electrons. The van der Waals surface area contributed by atoms with E-state index in [0.29, 0.717) is 28.6 Å². The first-order valence-corrected chi connectivity index (χ1v) is 15.0. The molecule has 0 saturated carbocycles. The Morgan fingerprint density at radius 1 is 0.950 bits per heavy atom. The number of sulfonamides is 1. The normalized spacial score (nSPS) is 13.0. The van der Waals surface area contributed by atoms with Gasteiger partial charge in [0.15, 0.2) is 11.5 Å². The number of benzene rings is 3. The molecule has 0 spiro atoms. The van der Waals surface area contributed by atoms with E-state index in [1.54, 1.807) is 37.3 Å². The van der Waals surface area contributed by atoms with Crippen LogP contribution in [-0.2, 0) is 32.6 Å². The Morgan fingerprint density at radius 2 is 1.68 bits per heavy atom. The van der Waals surface area contributed by atoms with Crippen molar-refractivity contribution in [3.8, 4) is 11.5 Å². The van der Waals surface area contributed by atoms with Gasteiger partial charge in [0, 0.05) is 30.6 Å². The van der Waals surface area contributed by atoms with Gasteiger partial charge in [-0.05, 0) is 49.2 Å². The molecular weight excluding hydrogens is 554 g/mol. The van der Waals surface area contributed by atoms with Crippen LogP contribution >= 0.6 is 11.6 Å². The van der Waals surface area contributed by atoms with Gasteiger partial charge in [-0.3, -0.25) is 13.9 Å². The predicted molar refractivity (Wildman–Crippen MR) is 154 cm³/mol. The molecule has 0 bridgehead atoms. The van der Waals surface area contributed by atoms with E-state index < -0.39 is 28.5 Å². The SMILES string of the molecule is CCNC(=O)C(Cc1ccccc1)N(Cc1cccc(Cl)c1)C(=O)CN(c1ccc2c(c1)OCO2)S(=O)(=O)CC. The van der Waals surface area contributed by atoms with Gasteiger partial charge in [0.1, 0.15) is 12.6 Å². The first kappa shape index (κ1) is 29.2. The van der Waals surface area contributed by atoms with Crippen molar-refractivity contribution in [2.75, 3.05) is 29.9 Å². The summed E-state index contributed by atoms with van der Waals surface area (Å²) >= 11 is 6.23. The highest BCUT2D eigenvalue weighted by molar-refractivity contribution is 7.92. The molecule has 0 saturated heterocycles. The fraction of sp³-hybridized carbons (Fsp3) is 0.310. The number of carbonyl (C=O) groups excluding carboxylic acids is 2. The van der Waals surface area contributed by atoms with Crippen LogP contribution in [0.5, 0.6) is 11.5 Å². The van der Waals surface area contributed by atoms with E-state index in [2.05, 4.69) is 5.32 Å². The summed E-state index contributed by atoms with van der Waals surface area (Å²) < 4.78 is 38.3. The van der Waals surface area contributed by atoms with Crippen molar-refractivity contribution in [2.24, 2.45) is 0 Å². The summed E-state index contributed by atoms with van der Waals surface area (Å²) in [5, 5.41) is 3.32. The molecule has 3 aromatic carbocycles. The number of ether oxygens (including phenoxy) is 2. The van der Waals surface area contributed by atoms with Gasteiger partial charge in [-0.1, -0.05) is 54.1 Å². The van der Waals surface area contributed by atoms with Crippen LogP contribution < -0.4 is 19.1 Å². The van der Waals surface area contributed by atoms with Crippen molar-refractivity contribution < 1.29 is 27.5 Å². The average Bonchev–Trinajstić information content (AvgIpc) is 3.42. The molecule has 3 aromatic rings. The molecule has 11 heteroatoms. The van der Waals surface area contributed by atoms with Gasteiger partial charge in [0.25, 0.3) is 0 Å². The van der Waals surface area contributed by atoms with Crippen LogP contribution in [0.1, 0.15) is 25.0 Å². The highest BCUT2D eigenvalue weighted by atomic mass is 35.5. The number of halogens is 1. The maximum absolute atomic E-state index is 14.1. The van der Waals surface area contributed by atoms with Gasteiger partial charge in [0.05, 0.1) is 11.4 Å². The maximum Gasteiger partial charge on any atom is 0.244 e. The zero-order valence-electron chi connectivity index (χ0n) is 22.4. The summed E-state index contributed by atoms with van der Waals surface area (Å²) in [7, 11) is -3.89. The van der Waals surface area contributed by atoms with E-state index in [4.69, 9.17) is 21.1 Å². The molecule has 9 nitrogen and oxygen atoms in total. The van der Waals surface area contributed by atoms with Crippen LogP contribution in [0.15, 0.2) is 72.8 Å². The lowest BCUT2D eigenvalue weighted by Gasteiger charge is -2.33. The number of rotatable bonds is 12. The van der Waals surface area contributed by atoms with Crippen LogP contribution in [0.3, 0.4) is 0 Å².